The maximum Gasteiger partial charge on any atom is 0.161 e. The molecule has 2 aliphatic rings. The summed E-state index contributed by atoms with van der Waals surface area (Å²) in [5, 5.41) is 0.144. The number of thioether (sulfide) groups is 1. The van der Waals surface area contributed by atoms with Gasteiger partial charge in [0.05, 0.1) is 38.1 Å². The average molecular weight is 404 g/mol. The molecule has 0 radical (unpaired) electrons. The number of methoxy groups -OCH3 is 2. The van der Waals surface area contributed by atoms with Gasteiger partial charge in [-0.15, -0.1) is 11.8 Å². The van der Waals surface area contributed by atoms with Crippen molar-refractivity contribution in [3.63, 3.8) is 0 Å². The Balaban J connectivity index is 1.67. The first-order chi connectivity index (χ1) is 14.3. The van der Waals surface area contributed by atoms with Gasteiger partial charge in [-0.25, -0.2) is 0 Å². The van der Waals surface area contributed by atoms with Gasteiger partial charge in [-0.05, 0) is 42.0 Å². The van der Waals surface area contributed by atoms with Crippen LogP contribution in [-0.2, 0) is 0 Å². The standard InChI is InChI=1S/C24H21NO3S/c1-26-20-12-11-15(13-21(20)27-2)24-17-14-28-19-9-5-3-7-16(19)23(17)25-18-8-4-6-10-22(18)29-24/h3-13,17,24H,14H2,1-2H3/t17-,24+/m0/s1. The van der Waals surface area contributed by atoms with E-state index in [0.717, 1.165) is 34.2 Å². The lowest BCUT2D eigenvalue weighted by Crippen LogP contribution is -2.31. The molecule has 5 heteroatoms. The van der Waals surface area contributed by atoms with E-state index in [-0.39, 0.29) is 11.2 Å². The Morgan fingerprint density at radius 2 is 1.72 bits per heavy atom. The first-order valence-corrected chi connectivity index (χ1v) is 10.4. The summed E-state index contributed by atoms with van der Waals surface area (Å²) in [7, 11) is 3.33. The van der Waals surface area contributed by atoms with E-state index in [1.807, 2.05) is 42.1 Å². The van der Waals surface area contributed by atoms with E-state index in [2.05, 4.69) is 36.4 Å². The highest BCUT2D eigenvalue weighted by Gasteiger charge is 2.37. The molecule has 0 fully saturated rings. The minimum absolute atomic E-state index is 0.125. The van der Waals surface area contributed by atoms with Crippen LogP contribution in [0.15, 0.2) is 76.6 Å². The van der Waals surface area contributed by atoms with Gasteiger partial charge >= 0.3 is 0 Å². The van der Waals surface area contributed by atoms with Crippen LogP contribution >= 0.6 is 11.8 Å². The van der Waals surface area contributed by atoms with E-state index < -0.39 is 0 Å². The van der Waals surface area contributed by atoms with E-state index in [0.29, 0.717) is 6.61 Å². The molecule has 2 heterocycles. The van der Waals surface area contributed by atoms with Crippen molar-refractivity contribution in [1.29, 1.82) is 0 Å². The van der Waals surface area contributed by atoms with Crippen LogP contribution < -0.4 is 14.2 Å². The Hall–Kier alpha value is -2.92. The molecule has 4 nitrogen and oxygen atoms in total. The Labute approximate surface area is 174 Å². The fraction of sp³-hybridized carbons (Fsp3) is 0.208. The summed E-state index contributed by atoms with van der Waals surface area (Å²) in [5.41, 5.74) is 4.35. The highest BCUT2D eigenvalue weighted by Crippen LogP contribution is 2.51. The lowest BCUT2D eigenvalue weighted by molar-refractivity contribution is 0.271. The summed E-state index contributed by atoms with van der Waals surface area (Å²) in [6.07, 6.45) is 0. The number of fused-ring (bicyclic) bond motifs is 4. The van der Waals surface area contributed by atoms with Crippen molar-refractivity contribution < 1.29 is 14.2 Å². The number of hydrogen-bond acceptors (Lipinski definition) is 5. The summed E-state index contributed by atoms with van der Waals surface area (Å²) in [5.74, 6) is 2.49. The maximum atomic E-state index is 6.15. The number of nitrogens with zero attached hydrogens (tertiary/aromatic N) is 1. The van der Waals surface area contributed by atoms with Crippen LogP contribution in [0.25, 0.3) is 0 Å². The molecule has 146 valence electrons. The van der Waals surface area contributed by atoms with Gasteiger partial charge in [-0.3, -0.25) is 4.99 Å². The summed E-state index contributed by atoms with van der Waals surface area (Å²) in [6.45, 7) is 0.593. The Bertz CT molecular complexity index is 1090. The topological polar surface area (TPSA) is 40.0 Å². The van der Waals surface area contributed by atoms with Gasteiger partial charge in [0.2, 0.25) is 0 Å². The third-order valence-electron chi connectivity index (χ3n) is 5.39. The molecule has 0 aromatic heterocycles. The third-order valence-corrected chi connectivity index (χ3v) is 6.85. The molecule has 5 rings (SSSR count). The zero-order valence-electron chi connectivity index (χ0n) is 16.3. The molecule has 0 aliphatic carbocycles. The fourth-order valence-corrected chi connectivity index (χ4v) is 5.28. The number of benzene rings is 3. The zero-order valence-corrected chi connectivity index (χ0v) is 17.1. The highest BCUT2D eigenvalue weighted by atomic mass is 32.2. The molecular weight excluding hydrogens is 382 g/mol. The zero-order chi connectivity index (χ0) is 19.8. The Kier molecular flexibility index (Phi) is 4.68. The number of para-hydroxylation sites is 2. The third kappa shape index (κ3) is 3.15. The minimum Gasteiger partial charge on any atom is -0.493 e. The molecule has 29 heavy (non-hydrogen) atoms. The monoisotopic (exact) mass is 403 g/mol. The second-order valence-electron chi connectivity index (χ2n) is 7.03. The van der Waals surface area contributed by atoms with Gasteiger partial charge in [0.25, 0.3) is 0 Å². The van der Waals surface area contributed by atoms with Crippen molar-refractivity contribution in [2.24, 2.45) is 10.9 Å². The molecule has 3 aromatic carbocycles. The number of ether oxygens (including phenoxy) is 3. The van der Waals surface area contributed by atoms with Gasteiger partial charge in [-0.2, -0.15) is 0 Å². The quantitative estimate of drug-likeness (QED) is 0.564. The van der Waals surface area contributed by atoms with Crippen molar-refractivity contribution in [3.05, 3.63) is 77.9 Å². The summed E-state index contributed by atoms with van der Waals surface area (Å²) in [4.78, 5) is 6.29. The van der Waals surface area contributed by atoms with E-state index in [1.54, 1.807) is 14.2 Å². The van der Waals surface area contributed by atoms with Crippen molar-refractivity contribution in [1.82, 2.24) is 0 Å². The largest absolute Gasteiger partial charge is 0.493 e. The van der Waals surface area contributed by atoms with Gasteiger partial charge in [0, 0.05) is 15.7 Å². The summed E-state index contributed by atoms with van der Waals surface area (Å²) in [6, 6.07) is 22.7. The van der Waals surface area contributed by atoms with Crippen LogP contribution in [0, 0.1) is 5.92 Å². The van der Waals surface area contributed by atoms with Gasteiger partial charge in [0.1, 0.15) is 5.75 Å². The highest BCUT2D eigenvalue weighted by molar-refractivity contribution is 7.99. The maximum absolute atomic E-state index is 6.15. The van der Waals surface area contributed by atoms with Crippen molar-refractivity contribution in [3.8, 4) is 17.2 Å². The number of hydrogen-bond donors (Lipinski definition) is 0. The molecule has 0 saturated heterocycles. The number of aliphatic imine (C=N–C) groups is 1. The predicted octanol–water partition coefficient (Wildman–Crippen LogP) is 5.68. The van der Waals surface area contributed by atoms with Crippen molar-refractivity contribution >= 4 is 23.2 Å². The number of rotatable bonds is 3. The molecule has 2 aliphatic heterocycles. The van der Waals surface area contributed by atoms with Crippen LogP contribution in [0.1, 0.15) is 16.4 Å². The van der Waals surface area contributed by atoms with E-state index in [4.69, 9.17) is 19.2 Å². The van der Waals surface area contributed by atoms with Crippen LogP contribution in [0.2, 0.25) is 0 Å². The van der Waals surface area contributed by atoms with E-state index >= 15 is 0 Å². The molecule has 2 atom stereocenters. The lowest BCUT2D eigenvalue weighted by atomic mass is 9.88. The van der Waals surface area contributed by atoms with Gasteiger partial charge in [-0.1, -0.05) is 30.3 Å². The molecule has 0 N–H and O–H groups in total. The van der Waals surface area contributed by atoms with Crippen molar-refractivity contribution in [2.75, 3.05) is 20.8 Å². The second-order valence-corrected chi connectivity index (χ2v) is 8.21. The van der Waals surface area contributed by atoms with Crippen LogP contribution in [-0.4, -0.2) is 26.5 Å². The van der Waals surface area contributed by atoms with Crippen LogP contribution in [0.5, 0.6) is 17.2 Å². The van der Waals surface area contributed by atoms with E-state index in [9.17, 15) is 0 Å². The minimum atomic E-state index is 0.125. The Morgan fingerprint density at radius 1 is 0.931 bits per heavy atom. The molecule has 0 spiro atoms. The fourth-order valence-electron chi connectivity index (χ4n) is 3.96. The normalized spacial score (nSPS) is 19.6. The molecule has 0 unspecified atom stereocenters. The predicted molar refractivity (Wildman–Crippen MR) is 116 cm³/mol. The lowest BCUT2D eigenvalue weighted by Gasteiger charge is -2.31. The average Bonchev–Trinajstić information content (AvgIpc) is 2.95. The van der Waals surface area contributed by atoms with Gasteiger partial charge in [0.15, 0.2) is 11.5 Å². The Morgan fingerprint density at radius 3 is 2.59 bits per heavy atom. The van der Waals surface area contributed by atoms with E-state index in [1.165, 1.54) is 10.5 Å². The molecule has 3 aromatic rings. The molecule has 0 saturated carbocycles. The smallest absolute Gasteiger partial charge is 0.161 e. The van der Waals surface area contributed by atoms with Crippen LogP contribution in [0.3, 0.4) is 0 Å². The molecular formula is C24H21NO3S. The second kappa shape index (κ2) is 7.48. The molecule has 0 amide bonds. The summed E-state index contributed by atoms with van der Waals surface area (Å²) >= 11 is 1.83. The van der Waals surface area contributed by atoms with Crippen LogP contribution in [0.4, 0.5) is 5.69 Å². The SMILES string of the molecule is COc1ccc([C@H]2Sc3ccccc3N=C3c4ccccc4OC[C@@H]32)cc1OC. The first kappa shape index (κ1) is 18.1. The van der Waals surface area contributed by atoms with Gasteiger partial charge < -0.3 is 14.2 Å². The first-order valence-electron chi connectivity index (χ1n) is 9.57. The van der Waals surface area contributed by atoms with Crippen molar-refractivity contribution in [2.45, 2.75) is 10.1 Å². The molecule has 0 bridgehead atoms. The summed E-state index contributed by atoms with van der Waals surface area (Å²) < 4.78 is 17.1.